The molecule has 5 nitrogen and oxygen atoms in total. The Hall–Kier alpha value is -3.44. The molecule has 1 amide bonds. The highest BCUT2D eigenvalue weighted by Crippen LogP contribution is 2.37. The monoisotopic (exact) mass is 447 g/mol. The van der Waals surface area contributed by atoms with Crippen molar-refractivity contribution >= 4 is 34.9 Å². The Morgan fingerprint density at radius 1 is 0.812 bits per heavy atom. The number of carbonyl (C=O) groups is 3. The van der Waals surface area contributed by atoms with E-state index in [0.717, 1.165) is 16.7 Å². The van der Waals surface area contributed by atoms with Crippen LogP contribution in [0.15, 0.2) is 72.8 Å². The van der Waals surface area contributed by atoms with Gasteiger partial charge in [0, 0.05) is 22.2 Å². The number of halogens is 1. The number of carboxylic acid groups (broad SMARTS) is 1. The smallest absolute Gasteiger partial charge is 0.307 e. The van der Waals surface area contributed by atoms with Gasteiger partial charge in [-0.3, -0.25) is 14.4 Å². The molecule has 1 aliphatic rings. The van der Waals surface area contributed by atoms with Gasteiger partial charge in [0.1, 0.15) is 0 Å². The Bertz CT molecular complexity index is 1140. The van der Waals surface area contributed by atoms with Crippen molar-refractivity contribution < 1.29 is 19.5 Å². The largest absolute Gasteiger partial charge is 0.481 e. The molecule has 32 heavy (non-hydrogen) atoms. The first-order chi connectivity index (χ1) is 15.4. The molecule has 0 aliphatic heterocycles. The van der Waals surface area contributed by atoms with E-state index in [0.29, 0.717) is 29.1 Å². The second kappa shape index (κ2) is 9.37. The van der Waals surface area contributed by atoms with Crippen molar-refractivity contribution in [2.75, 3.05) is 5.32 Å². The van der Waals surface area contributed by atoms with E-state index in [1.54, 1.807) is 24.3 Å². The van der Waals surface area contributed by atoms with Crippen molar-refractivity contribution in [3.8, 4) is 11.1 Å². The van der Waals surface area contributed by atoms with Crippen LogP contribution in [0.1, 0.15) is 28.8 Å². The molecule has 2 atom stereocenters. The molecule has 1 aliphatic carbocycles. The summed E-state index contributed by atoms with van der Waals surface area (Å²) in [7, 11) is 0. The van der Waals surface area contributed by atoms with Crippen LogP contribution in [0.4, 0.5) is 5.69 Å². The second-order valence-corrected chi connectivity index (χ2v) is 8.44. The average Bonchev–Trinajstić information content (AvgIpc) is 2.75. The lowest BCUT2D eigenvalue weighted by molar-refractivity contribution is -0.146. The summed E-state index contributed by atoms with van der Waals surface area (Å²) in [6.07, 6.45) is 1.45. The number of nitrogens with one attached hydrogen (secondary N) is 1. The molecule has 0 radical (unpaired) electrons. The summed E-state index contributed by atoms with van der Waals surface area (Å²) in [6, 6.07) is 21.8. The molecule has 0 unspecified atom stereocenters. The van der Waals surface area contributed by atoms with Gasteiger partial charge in [0.05, 0.1) is 12.3 Å². The van der Waals surface area contributed by atoms with Gasteiger partial charge in [-0.15, -0.1) is 0 Å². The van der Waals surface area contributed by atoms with Gasteiger partial charge in [0.25, 0.3) is 0 Å². The number of hydrogen-bond acceptors (Lipinski definition) is 3. The Morgan fingerprint density at radius 3 is 1.91 bits per heavy atom. The van der Waals surface area contributed by atoms with E-state index in [9.17, 15) is 14.4 Å². The standard InChI is InChI=1S/C26H22ClNO4/c27-20-9-1-16(2-10-20)15-24(29)28-21-11-7-18(8-12-21)17-3-5-19(6-4-17)25(30)22-13-14-23(22)26(31)32/h1-12,22-23H,13-15H2,(H,28,29)(H,31,32)/t22-,23-/m1/s1. The van der Waals surface area contributed by atoms with Crippen LogP contribution in [-0.4, -0.2) is 22.8 Å². The fourth-order valence-electron chi connectivity index (χ4n) is 3.89. The Morgan fingerprint density at radius 2 is 1.38 bits per heavy atom. The van der Waals surface area contributed by atoms with E-state index in [1.807, 2.05) is 48.5 Å². The van der Waals surface area contributed by atoms with E-state index in [1.165, 1.54) is 0 Å². The maximum absolute atomic E-state index is 12.6. The minimum atomic E-state index is -0.897. The van der Waals surface area contributed by atoms with Gasteiger partial charge in [-0.05, 0) is 53.8 Å². The van der Waals surface area contributed by atoms with Gasteiger partial charge in [0.15, 0.2) is 5.78 Å². The summed E-state index contributed by atoms with van der Waals surface area (Å²) in [5.41, 5.74) is 4.01. The summed E-state index contributed by atoms with van der Waals surface area (Å²) >= 11 is 5.87. The van der Waals surface area contributed by atoms with Gasteiger partial charge >= 0.3 is 5.97 Å². The van der Waals surface area contributed by atoms with Gasteiger partial charge in [0.2, 0.25) is 5.91 Å². The number of Topliss-reactive ketones (excluding diaryl/α,β-unsaturated/α-hetero) is 1. The third-order valence-electron chi connectivity index (χ3n) is 5.88. The average molecular weight is 448 g/mol. The lowest BCUT2D eigenvalue weighted by Crippen LogP contribution is -2.38. The van der Waals surface area contributed by atoms with E-state index in [-0.39, 0.29) is 18.1 Å². The number of anilines is 1. The van der Waals surface area contributed by atoms with Gasteiger partial charge in [-0.2, -0.15) is 0 Å². The zero-order valence-corrected chi connectivity index (χ0v) is 18.0. The topological polar surface area (TPSA) is 83.5 Å². The number of ketones is 1. The Balaban J connectivity index is 1.37. The number of hydrogen-bond donors (Lipinski definition) is 2. The molecule has 6 heteroatoms. The predicted molar refractivity (Wildman–Crippen MR) is 124 cm³/mol. The molecule has 2 N–H and O–H groups in total. The molecule has 3 aromatic rings. The summed E-state index contributed by atoms with van der Waals surface area (Å²) < 4.78 is 0. The summed E-state index contributed by atoms with van der Waals surface area (Å²) in [5, 5.41) is 12.7. The maximum atomic E-state index is 12.6. The van der Waals surface area contributed by atoms with Crippen LogP contribution in [0, 0.1) is 11.8 Å². The van der Waals surface area contributed by atoms with Crippen LogP contribution in [0.25, 0.3) is 11.1 Å². The lowest BCUT2D eigenvalue weighted by atomic mass is 9.70. The van der Waals surface area contributed by atoms with Crippen LogP contribution in [0.3, 0.4) is 0 Å². The van der Waals surface area contributed by atoms with E-state index >= 15 is 0 Å². The molecule has 0 aromatic heterocycles. The van der Waals surface area contributed by atoms with Crippen molar-refractivity contribution in [3.05, 3.63) is 88.9 Å². The van der Waals surface area contributed by atoms with Gasteiger partial charge in [-0.1, -0.05) is 60.1 Å². The summed E-state index contributed by atoms with van der Waals surface area (Å²) in [4.78, 5) is 36.0. The molecule has 1 saturated carbocycles. The van der Waals surface area contributed by atoms with E-state index < -0.39 is 17.8 Å². The third kappa shape index (κ3) is 4.89. The molecule has 4 rings (SSSR count). The molecule has 0 spiro atoms. The van der Waals surface area contributed by atoms with Crippen LogP contribution in [-0.2, 0) is 16.0 Å². The van der Waals surface area contributed by atoms with Crippen LogP contribution in [0.2, 0.25) is 5.02 Å². The predicted octanol–water partition coefficient (Wildman–Crippen LogP) is 5.48. The molecule has 0 bridgehead atoms. The molecule has 1 fully saturated rings. The number of amides is 1. The molecule has 3 aromatic carbocycles. The van der Waals surface area contributed by atoms with Crippen molar-refractivity contribution in [2.24, 2.45) is 11.8 Å². The van der Waals surface area contributed by atoms with Crippen molar-refractivity contribution in [1.29, 1.82) is 0 Å². The lowest BCUT2D eigenvalue weighted by Gasteiger charge is -2.31. The number of carbonyl (C=O) groups excluding carboxylic acids is 2. The molecule has 0 heterocycles. The highest BCUT2D eigenvalue weighted by molar-refractivity contribution is 6.30. The minimum absolute atomic E-state index is 0.103. The minimum Gasteiger partial charge on any atom is -0.481 e. The fourth-order valence-corrected chi connectivity index (χ4v) is 4.02. The molecular formula is C26H22ClNO4. The SMILES string of the molecule is O=C(Cc1ccc(Cl)cc1)Nc1ccc(-c2ccc(C(=O)[C@@H]3CC[C@H]3C(=O)O)cc2)cc1. The second-order valence-electron chi connectivity index (χ2n) is 8.00. The Labute approximate surface area is 191 Å². The first-order valence-corrected chi connectivity index (χ1v) is 10.8. The molecule has 0 saturated heterocycles. The maximum Gasteiger partial charge on any atom is 0.307 e. The number of benzene rings is 3. The number of aliphatic carboxylic acids is 1. The van der Waals surface area contributed by atoms with E-state index in [4.69, 9.17) is 16.7 Å². The van der Waals surface area contributed by atoms with Crippen molar-refractivity contribution in [3.63, 3.8) is 0 Å². The van der Waals surface area contributed by atoms with Crippen LogP contribution in [0.5, 0.6) is 0 Å². The number of carboxylic acids is 1. The van der Waals surface area contributed by atoms with Crippen molar-refractivity contribution in [2.45, 2.75) is 19.3 Å². The van der Waals surface area contributed by atoms with Gasteiger partial charge in [-0.25, -0.2) is 0 Å². The zero-order chi connectivity index (χ0) is 22.7. The first-order valence-electron chi connectivity index (χ1n) is 10.4. The quantitative estimate of drug-likeness (QED) is 0.469. The van der Waals surface area contributed by atoms with Crippen LogP contribution < -0.4 is 5.32 Å². The normalized spacial score (nSPS) is 17.3. The molecule has 162 valence electrons. The number of rotatable bonds is 7. The third-order valence-corrected chi connectivity index (χ3v) is 6.13. The highest BCUT2D eigenvalue weighted by atomic mass is 35.5. The van der Waals surface area contributed by atoms with Gasteiger partial charge < -0.3 is 10.4 Å². The van der Waals surface area contributed by atoms with Crippen LogP contribution >= 0.6 is 11.6 Å². The molecular weight excluding hydrogens is 426 g/mol. The summed E-state index contributed by atoms with van der Waals surface area (Å²) in [6.45, 7) is 0. The first kappa shape index (κ1) is 21.8. The van der Waals surface area contributed by atoms with E-state index in [2.05, 4.69) is 5.32 Å². The summed E-state index contributed by atoms with van der Waals surface area (Å²) in [5.74, 6) is -2.10. The zero-order valence-electron chi connectivity index (χ0n) is 17.3. The fraction of sp³-hybridized carbons (Fsp3) is 0.192. The van der Waals surface area contributed by atoms with Crippen molar-refractivity contribution in [1.82, 2.24) is 0 Å². The highest BCUT2D eigenvalue weighted by Gasteiger charge is 2.41. The Kier molecular flexibility index (Phi) is 6.37.